The van der Waals surface area contributed by atoms with Crippen LogP contribution in [0.3, 0.4) is 0 Å². The summed E-state index contributed by atoms with van der Waals surface area (Å²) in [6.07, 6.45) is 5.94. The van der Waals surface area contributed by atoms with E-state index in [1.165, 1.54) is 18.9 Å². The fraction of sp³-hybridized carbons (Fsp3) is 0.423. The van der Waals surface area contributed by atoms with Gasteiger partial charge < -0.3 is 19.2 Å². The summed E-state index contributed by atoms with van der Waals surface area (Å²) in [5.41, 5.74) is 1.37. The van der Waals surface area contributed by atoms with Gasteiger partial charge in [-0.1, -0.05) is 18.2 Å². The third kappa shape index (κ3) is 4.18. The van der Waals surface area contributed by atoms with Crippen LogP contribution in [0.4, 0.5) is 4.39 Å². The van der Waals surface area contributed by atoms with Crippen molar-refractivity contribution in [1.29, 1.82) is 0 Å². The Morgan fingerprint density at radius 1 is 1.12 bits per heavy atom. The highest BCUT2D eigenvalue weighted by atomic mass is 19.1. The van der Waals surface area contributed by atoms with Crippen LogP contribution in [0.2, 0.25) is 0 Å². The summed E-state index contributed by atoms with van der Waals surface area (Å²) in [6, 6.07) is 12.8. The Labute approximate surface area is 186 Å². The number of carbonyl (C=O) groups excluding carboxylic acids is 1. The molecule has 1 N–H and O–H groups in total. The summed E-state index contributed by atoms with van der Waals surface area (Å²) in [4.78, 5) is 12.6. The first-order chi connectivity index (χ1) is 15.6. The number of halogens is 1. The normalized spacial score (nSPS) is 21.6. The molecule has 2 aliphatic rings. The molecular weight excluding hydrogens is 409 g/mol. The van der Waals surface area contributed by atoms with Crippen molar-refractivity contribution in [1.82, 2.24) is 5.32 Å². The number of benzene rings is 2. The smallest absolute Gasteiger partial charge is 0.223 e. The van der Waals surface area contributed by atoms with Crippen molar-refractivity contribution in [3.8, 4) is 11.5 Å². The Kier molecular flexibility index (Phi) is 5.77. The second-order valence-electron chi connectivity index (χ2n) is 8.88. The number of methoxy groups -OCH3 is 1. The number of para-hydroxylation sites is 1. The minimum absolute atomic E-state index is 0.0121. The number of hydrogen-bond donors (Lipinski definition) is 1. The maximum Gasteiger partial charge on any atom is 0.223 e. The molecule has 2 atom stereocenters. The van der Waals surface area contributed by atoms with E-state index in [0.717, 1.165) is 35.3 Å². The van der Waals surface area contributed by atoms with Crippen LogP contribution >= 0.6 is 0 Å². The van der Waals surface area contributed by atoms with E-state index >= 15 is 0 Å². The van der Waals surface area contributed by atoms with E-state index in [1.807, 2.05) is 18.2 Å². The largest absolute Gasteiger partial charge is 0.493 e. The highest BCUT2D eigenvalue weighted by Crippen LogP contribution is 2.37. The van der Waals surface area contributed by atoms with Crippen LogP contribution in [-0.2, 0) is 11.2 Å². The molecule has 32 heavy (non-hydrogen) atoms. The predicted octanol–water partition coefficient (Wildman–Crippen LogP) is 5.36. The minimum atomic E-state index is -0.382. The lowest BCUT2D eigenvalue weighted by Gasteiger charge is -2.29. The Morgan fingerprint density at radius 3 is 2.75 bits per heavy atom. The molecule has 6 heteroatoms. The van der Waals surface area contributed by atoms with Gasteiger partial charge in [-0.25, -0.2) is 4.39 Å². The van der Waals surface area contributed by atoms with Gasteiger partial charge in [0.15, 0.2) is 22.9 Å². The number of hydrogen-bond acceptors (Lipinski definition) is 4. The molecule has 1 aliphatic carbocycles. The molecule has 1 aromatic heterocycles. The SMILES string of the molecule is COc1ccc([C@H]2CNC(=O)[C@@H](Cc3cc4cccc(F)c4o3)C2)cc1OC1CCCC1. The van der Waals surface area contributed by atoms with Crippen LogP contribution in [0.1, 0.15) is 49.3 Å². The summed E-state index contributed by atoms with van der Waals surface area (Å²) < 4.78 is 31.5. The zero-order valence-electron chi connectivity index (χ0n) is 18.2. The Hall–Kier alpha value is -3.02. The Morgan fingerprint density at radius 2 is 1.97 bits per heavy atom. The number of furan rings is 1. The van der Waals surface area contributed by atoms with Gasteiger partial charge in [-0.15, -0.1) is 0 Å². The van der Waals surface area contributed by atoms with E-state index < -0.39 is 0 Å². The highest BCUT2D eigenvalue weighted by Gasteiger charge is 2.31. The average molecular weight is 438 g/mol. The molecule has 5 rings (SSSR count). The molecular formula is C26H28FNO4. The number of piperidine rings is 1. The van der Waals surface area contributed by atoms with Crippen molar-refractivity contribution >= 4 is 16.9 Å². The molecule has 0 spiro atoms. The molecule has 2 fully saturated rings. The fourth-order valence-electron chi connectivity index (χ4n) is 4.98. The van der Waals surface area contributed by atoms with Gasteiger partial charge in [0.1, 0.15) is 5.76 Å². The van der Waals surface area contributed by atoms with Crippen molar-refractivity contribution in [2.75, 3.05) is 13.7 Å². The zero-order chi connectivity index (χ0) is 22.1. The Bertz CT molecular complexity index is 1120. The van der Waals surface area contributed by atoms with E-state index in [1.54, 1.807) is 13.2 Å². The number of rotatable bonds is 6. The van der Waals surface area contributed by atoms with E-state index in [-0.39, 0.29) is 35.2 Å². The lowest BCUT2D eigenvalue weighted by molar-refractivity contribution is -0.127. The second-order valence-corrected chi connectivity index (χ2v) is 8.88. The van der Waals surface area contributed by atoms with Gasteiger partial charge in [0, 0.05) is 30.2 Å². The molecule has 1 saturated carbocycles. The van der Waals surface area contributed by atoms with Gasteiger partial charge in [0.2, 0.25) is 5.91 Å². The quantitative estimate of drug-likeness (QED) is 0.564. The molecule has 2 aromatic carbocycles. The van der Waals surface area contributed by atoms with Crippen molar-refractivity contribution < 1.29 is 23.1 Å². The van der Waals surface area contributed by atoms with E-state index in [9.17, 15) is 9.18 Å². The molecule has 1 amide bonds. The number of ether oxygens (including phenoxy) is 2. The van der Waals surface area contributed by atoms with Crippen LogP contribution in [0.25, 0.3) is 11.0 Å². The van der Waals surface area contributed by atoms with Gasteiger partial charge in [-0.3, -0.25) is 4.79 Å². The molecule has 0 radical (unpaired) electrons. The first kappa shape index (κ1) is 20.9. The lowest BCUT2D eigenvalue weighted by Crippen LogP contribution is -2.41. The van der Waals surface area contributed by atoms with Crippen molar-refractivity contribution in [3.63, 3.8) is 0 Å². The minimum Gasteiger partial charge on any atom is -0.493 e. The van der Waals surface area contributed by atoms with Crippen molar-refractivity contribution in [2.24, 2.45) is 5.92 Å². The van der Waals surface area contributed by atoms with E-state index in [4.69, 9.17) is 13.9 Å². The van der Waals surface area contributed by atoms with Crippen LogP contribution in [0.5, 0.6) is 11.5 Å². The van der Waals surface area contributed by atoms with Crippen molar-refractivity contribution in [2.45, 2.75) is 50.5 Å². The third-order valence-electron chi connectivity index (χ3n) is 6.71. The van der Waals surface area contributed by atoms with E-state index in [0.29, 0.717) is 25.1 Å². The summed E-state index contributed by atoms with van der Waals surface area (Å²) >= 11 is 0. The van der Waals surface area contributed by atoms with E-state index in [2.05, 4.69) is 17.4 Å². The van der Waals surface area contributed by atoms with Gasteiger partial charge in [0.25, 0.3) is 0 Å². The standard InChI is InChI=1S/C26H28FNO4/c1-30-23-10-9-16(14-24(23)31-20-6-2-3-7-20)19-11-18(26(29)28-15-19)13-21-12-17-5-4-8-22(27)25(17)32-21/h4-5,8-10,12,14,18-20H,2-3,6-7,11,13,15H2,1H3,(H,28,29)/t18-,19-/m1/s1. The second kappa shape index (κ2) is 8.85. The lowest BCUT2D eigenvalue weighted by atomic mass is 9.83. The topological polar surface area (TPSA) is 60.7 Å². The van der Waals surface area contributed by atoms with Crippen LogP contribution in [0, 0.1) is 11.7 Å². The summed E-state index contributed by atoms with van der Waals surface area (Å²) in [5.74, 6) is 1.70. The van der Waals surface area contributed by atoms with Crippen LogP contribution < -0.4 is 14.8 Å². The molecule has 0 unspecified atom stereocenters. The molecule has 0 bridgehead atoms. The third-order valence-corrected chi connectivity index (χ3v) is 6.71. The van der Waals surface area contributed by atoms with Crippen LogP contribution in [-0.4, -0.2) is 25.7 Å². The first-order valence-corrected chi connectivity index (χ1v) is 11.4. The predicted molar refractivity (Wildman–Crippen MR) is 120 cm³/mol. The zero-order valence-corrected chi connectivity index (χ0v) is 18.2. The molecule has 3 aromatic rings. The fourth-order valence-corrected chi connectivity index (χ4v) is 4.98. The van der Waals surface area contributed by atoms with Gasteiger partial charge in [-0.05, 0) is 61.9 Å². The first-order valence-electron chi connectivity index (χ1n) is 11.4. The number of nitrogens with one attached hydrogen (secondary N) is 1. The maximum atomic E-state index is 14.0. The van der Waals surface area contributed by atoms with Crippen LogP contribution in [0.15, 0.2) is 46.9 Å². The summed E-state index contributed by atoms with van der Waals surface area (Å²) in [7, 11) is 1.66. The molecule has 1 saturated heterocycles. The monoisotopic (exact) mass is 437 g/mol. The molecule has 5 nitrogen and oxygen atoms in total. The average Bonchev–Trinajstić information content (AvgIpc) is 3.45. The number of fused-ring (bicyclic) bond motifs is 1. The molecule has 2 heterocycles. The maximum absolute atomic E-state index is 14.0. The molecule has 168 valence electrons. The molecule has 1 aliphatic heterocycles. The summed E-state index contributed by atoms with van der Waals surface area (Å²) in [6.45, 7) is 0.583. The number of amides is 1. The summed E-state index contributed by atoms with van der Waals surface area (Å²) in [5, 5.41) is 3.76. The van der Waals surface area contributed by atoms with Gasteiger partial charge in [-0.2, -0.15) is 0 Å². The van der Waals surface area contributed by atoms with Gasteiger partial charge in [0.05, 0.1) is 13.2 Å². The van der Waals surface area contributed by atoms with Crippen molar-refractivity contribution in [3.05, 3.63) is 59.6 Å². The Balaban J connectivity index is 1.34. The highest BCUT2D eigenvalue weighted by molar-refractivity contribution is 5.81. The van der Waals surface area contributed by atoms with Gasteiger partial charge >= 0.3 is 0 Å². The number of carbonyl (C=O) groups is 1.